The number of aliphatic hydroxyl groups is 1. The number of carbonyl (C=O) groups excluding carboxylic acids is 2. The predicted molar refractivity (Wildman–Crippen MR) is 113 cm³/mol. The van der Waals surface area contributed by atoms with Crippen molar-refractivity contribution in [3.05, 3.63) is 97.7 Å². The number of anilines is 1. The molecule has 1 aromatic heterocycles. The predicted octanol–water partition coefficient (Wildman–Crippen LogP) is 4.59. The zero-order valence-electron chi connectivity index (χ0n) is 15.8. The Bertz CT molecular complexity index is 1200. The smallest absolute Gasteiger partial charge is 0.300 e. The van der Waals surface area contributed by atoms with Crippen molar-refractivity contribution in [1.82, 2.24) is 0 Å². The van der Waals surface area contributed by atoms with Gasteiger partial charge in [-0.3, -0.25) is 24.6 Å². The Balaban J connectivity index is 1.94. The quantitative estimate of drug-likeness (QED) is 0.219. The summed E-state index contributed by atoms with van der Waals surface area (Å²) in [5.74, 6) is -2.03. The fourth-order valence-corrected chi connectivity index (χ4v) is 4.38. The van der Waals surface area contributed by atoms with E-state index in [-0.39, 0.29) is 16.8 Å². The summed E-state index contributed by atoms with van der Waals surface area (Å²) >= 11 is 1.35. The molecule has 0 radical (unpaired) electrons. The lowest BCUT2D eigenvalue weighted by atomic mass is 9.99. The third-order valence-electron chi connectivity index (χ3n) is 4.96. The van der Waals surface area contributed by atoms with Gasteiger partial charge in [-0.15, -0.1) is 11.3 Å². The molecule has 0 aliphatic carbocycles. The number of para-hydroxylation sites is 1. The number of carbonyl (C=O) groups is 2. The molecule has 0 spiro atoms. The molecule has 4 rings (SSSR count). The molecule has 150 valence electrons. The molecule has 8 heteroatoms. The summed E-state index contributed by atoms with van der Waals surface area (Å²) in [6.07, 6.45) is 0. The van der Waals surface area contributed by atoms with E-state index < -0.39 is 28.4 Å². The number of Topliss-reactive ketones (excluding diaryl/α,β-unsaturated/α-hetero) is 1. The molecule has 0 bridgehead atoms. The maximum atomic E-state index is 13.0. The van der Waals surface area contributed by atoms with Crippen LogP contribution >= 0.6 is 11.3 Å². The van der Waals surface area contributed by atoms with Gasteiger partial charge < -0.3 is 5.11 Å². The molecule has 2 heterocycles. The fraction of sp³-hybridized carbons (Fsp3) is 0.0909. The van der Waals surface area contributed by atoms with Gasteiger partial charge in [0.2, 0.25) is 0 Å². The summed E-state index contributed by atoms with van der Waals surface area (Å²) in [6, 6.07) is 15.3. The molecular weight excluding hydrogens is 404 g/mol. The number of aryl methyl sites for hydroxylation is 1. The highest BCUT2D eigenvalue weighted by Crippen LogP contribution is 2.44. The first-order valence-corrected chi connectivity index (χ1v) is 9.93. The SMILES string of the molecule is Cc1ccccc1N1C(=O)C(=O)/C(=C(\O)c2cccc([N+](=O)[O-])c2)C1c1cccs1. The molecule has 30 heavy (non-hydrogen) atoms. The van der Waals surface area contributed by atoms with E-state index >= 15 is 0 Å². The van der Waals surface area contributed by atoms with Gasteiger partial charge >= 0.3 is 0 Å². The van der Waals surface area contributed by atoms with Crippen LogP contribution in [0.5, 0.6) is 0 Å². The van der Waals surface area contributed by atoms with Crippen LogP contribution in [0.4, 0.5) is 11.4 Å². The minimum atomic E-state index is -0.833. The largest absolute Gasteiger partial charge is 0.507 e. The van der Waals surface area contributed by atoms with E-state index in [4.69, 9.17) is 0 Å². The molecule has 2 aromatic carbocycles. The zero-order chi connectivity index (χ0) is 21.4. The zero-order valence-corrected chi connectivity index (χ0v) is 16.6. The molecule has 7 nitrogen and oxygen atoms in total. The topological polar surface area (TPSA) is 101 Å². The first kappa shape index (κ1) is 19.5. The second-order valence-corrected chi connectivity index (χ2v) is 7.76. The van der Waals surface area contributed by atoms with Crippen molar-refractivity contribution in [3.8, 4) is 0 Å². The van der Waals surface area contributed by atoms with E-state index in [0.717, 1.165) is 5.56 Å². The number of ketones is 1. The molecule has 0 saturated carbocycles. The van der Waals surface area contributed by atoms with Crippen molar-refractivity contribution in [3.63, 3.8) is 0 Å². The van der Waals surface area contributed by atoms with Crippen LogP contribution in [0.2, 0.25) is 0 Å². The average molecular weight is 420 g/mol. The van der Waals surface area contributed by atoms with Crippen LogP contribution in [0.25, 0.3) is 5.76 Å². The molecule has 1 fully saturated rings. The van der Waals surface area contributed by atoms with Crippen LogP contribution < -0.4 is 4.90 Å². The summed E-state index contributed by atoms with van der Waals surface area (Å²) in [5.41, 5.74) is 1.16. The van der Waals surface area contributed by atoms with Gasteiger partial charge in [-0.25, -0.2) is 0 Å². The Morgan fingerprint density at radius 1 is 1.10 bits per heavy atom. The van der Waals surface area contributed by atoms with Gasteiger partial charge in [0.1, 0.15) is 11.8 Å². The Hall–Kier alpha value is -3.78. The standard InChI is InChI=1S/C22H16N2O5S/c1-13-6-2-3-9-16(13)23-19(17-10-5-11-30-17)18(21(26)22(23)27)20(25)14-7-4-8-15(12-14)24(28)29/h2-12,19,25H,1H3/b20-18-. The second kappa shape index (κ2) is 7.57. The molecule has 1 amide bonds. The lowest BCUT2D eigenvalue weighted by molar-refractivity contribution is -0.384. The van der Waals surface area contributed by atoms with E-state index in [0.29, 0.717) is 10.6 Å². The van der Waals surface area contributed by atoms with Crippen LogP contribution in [0.3, 0.4) is 0 Å². The fourth-order valence-electron chi connectivity index (χ4n) is 3.55. The summed E-state index contributed by atoms with van der Waals surface area (Å²) in [6.45, 7) is 1.83. The molecular formula is C22H16N2O5S. The van der Waals surface area contributed by atoms with Crippen molar-refractivity contribution < 1.29 is 19.6 Å². The molecule has 1 saturated heterocycles. The average Bonchev–Trinajstić information content (AvgIpc) is 3.35. The van der Waals surface area contributed by atoms with Gasteiger partial charge in [0.15, 0.2) is 0 Å². The van der Waals surface area contributed by atoms with E-state index in [1.807, 2.05) is 24.4 Å². The van der Waals surface area contributed by atoms with E-state index in [1.165, 1.54) is 40.5 Å². The number of nitro benzene ring substituents is 1. The monoisotopic (exact) mass is 420 g/mol. The van der Waals surface area contributed by atoms with E-state index in [2.05, 4.69) is 0 Å². The highest BCUT2D eigenvalue weighted by atomic mass is 32.1. The molecule has 1 unspecified atom stereocenters. The third-order valence-corrected chi connectivity index (χ3v) is 5.89. The van der Waals surface area contributed by atoms with Gasteiger partial charge in [0, 0.05) is 28.3 Å². The van der Waals surface area contributed by atoms with Crippen molar-refractivity contribution in [2.24, 2.45) is 0 Å². The Kier molecular flexibility index (Phi) is 4.93. The molecule has 1 aliphatic rings. The first-order chi connectivity index (χ1) is 14.4. The number of thiophene rings is 1. The maximum absolute atomic E-state index is 13.0. The highest BCUT2D eigenvalue weighted by Gasteiger charge is 2.47. The summed E-state index contributed by atoms with van der Waals surface area (Å²) in [4.78, 5) is 38.6. The second-order valence-electron chi connectivity index (χ2n) is 6.78. The van der Waals surface area contributed by atoms with Crippen LogP contribution in [-0.2, 0) is 9.59 Å². The van der Waals surface area contributed by atoms with Gasteiger partial charge in [-0.1, -0.05) is 36.4 Å². The number of rotatable bonds is 4. The van der Waals surface area contributed by atoms with Gasteiger partial charge in [-0.05, 0) is 30.0 Å². The van der Waals surface area contributed by atoms with Crippen molar-refractivity contribution in [2.45, 2.75) is 13.0 Å². The maximum Gasteiger partial charge on any atom is 0.300 e. The number of non-ortho nitro benzene ring substituents is 1. The minimum absolute atomic E-state index is 0.0915. The van der Waals surface area contributed by atoms with Gasteiger partial charge in [-0.2, -0.15) is 0 Å². The number of hydrogen-bond acceptors (Lipinski definition) is 6. The number of hydrogen-bond donors (Lipinski definition) is 1. The van der Waals surface area contributed by atoms with Crippen molar-refractivity contribution >= 4 is 40.2 Å². The van der Waals surface area contributed by atoms with Crippen LogP contribution in [-0.4, -0.2) is 21.7 Å². The number of nitro groups is 1. The molecule has 3 aromatic rings. The van der Waals surface area contributed by atoms with Gasteiger partial charge in [0.25, 0.3) is 17.4 Å². The Morgan fingerprint density at radius 3 is 2.53 bits per heavy atom. The molecule has 1 aliphatic heterocycles. The Morgan fingerprint density at radius 2 is 1.87 bits per heavy atom. The van der Waals surface area contributed by atoms with Gasteiger partial charge in [0.05, 0.1) is 10.5 Å². The number of nitrogens with zero attached hydrogens (tertiary/aromatic N) is 2. The molecule has 1 N–H and O–H groups in total. The third kappa shape index (κ3) is 3.17. The van der Waals surface area contributed by atoms with E-state index in [1.54, 1.807) is 24.3 Å². The van der Waals surface area contributed by atoms with Crippen molar-refractivity contribution in [2.75, 3.05) is 4.90 Å². The van der Waals surface area contributed by atoms with E-state index in [9.17, 15) is 24.8 Å². The summed E-state index contributed by atoms with van der Waals surface area (Å²) < 4.78 is 0. The van der Waals surface area contributed by atoms with Crippen LogP contribution in [0, 0.1) is 17.0 Å². The molecule has 1 atom stereocenters. The number of amides is 1. The number of aliphatic hydroxyl groups excluding tert-OH is 1. The lowest BCUT2D eigenvalue weighted by Gasteiger charge is -2.25. The normalized spacial score (nSPS) is 18.0. The minimum Gasteiger partial charge on any atom is -0.507 e. The van der Waals surface area contributed by atoms with Crippen LogP contribution in [0.1, 0.15) is 22.0 Å². The Labute approximate surface area is 175 Å². The lowest BCUT2D eigenvalue weighted by Crippen LogP contribution is -2.29. The van der Waals surface area contributed by atoms with Crippen LogP contribution in [0.15, 0.2) is 71.6 Å². The number of benzene rings is 2. The summed E-state index contributed by atoms with van der Waals surface area (Å²) in [5, 5.41) is 23.9. The highest BCUT2D eigenvalue weighted by molar-refractivity contribution is 7.10. The van der Waals surface area contributed by atoms with Crippen molar-refractivity contribution in [1.29, 1.82) is 0 Å². The summed E-state index contributed by atoms with van der Waals surface area (Å²) in [7, 11) is 0. The first-order valence-electron chi connectivity index (χ1n) is 9.05.